The molecule has 0 aromatic heterocycles. The van der Waals surface area contributed by atoms with E-state index < -0.39 is 23.7 Å². The second-order valence-corrected chi connectivity index (χ2v) is 3.23. The Labute approximate surface area is 80.7 Å². The van der Waals surface area contributed by atoms with E-state index in [1.165, 1.54) is 6.07 Å². The van der Waals surface area contributed by atoms with E-state index in [9.17, 15) is 13.2 Å². The van der Waals surface area contributed by atoms with E-state index >= 15 is 0 Å². The average molecular weight is 203 g/mol. The van der Waals surface area contributed by atoms with Gasteiger partial charge in [0, 0.05) is 6.42 Å². The van der Waals surface area contributed by atoms with Crippen LogP contribution in [0.3, 0.4) is 0 Å². The largest absolute Gasteiger partial charge is 0.330 e. The number of halogens is 3. The quantitative estimate of drug-likeness (QED) is 0.802. The van der Waals surface area contributed by atoms with Crippen LogP contribution in [0.15, 0.2) is 18.2 Å². The van der Waals surface area contributed by atoms with Gasteiger partial charge in [-0.1, -0.05) is 11.6 Å². The lowest BCUT2D eigenvalue weighted by Crippen LogP contribution is -2.20. The highest BCUT2D eigenvalue weighted by atomic mass is 19.3. The van der Waals surface area contributed by atoms with Crippen LogP contribution >= 0.6 is 0 Å². The summed E-state index contributed by atoms with van der Waals surface area (Å²) in [5.74, 6) is -4.06. The van der Waals surface area contributed by atoms with Gasteiger partial charge in [-0.25, -0.2) is 13.2 Å². The molecule has 1 aromatic carbocycles. The van der Waals surface area contributed by atoms with Crippen molar-refractivity contribution in [1.82, 2.24) is 0 Å². The lowest BCUT2D eigenvalue weighted by Gasteiger charge is -2.16. The fraction of sp³-hybridized carbons (Fsp3) is 0.400. The predicted molar refractivity (Wildman–Crippen MR) is 48.7 cm³/mol. The Morgan fingerprint density at radius 2 is 2.00 bits per heavy atom. The molecular weight excluding hydrogens is 191 g/mol. The van der Waals surface area contributed by atoms with Gasteiger partial charge in [0.25, 0.3) is 5.92 Å². The maximum Gasteiger partial charge on any atom is 0.277 e. The first-order chi connectivity index (χ1) is 6.47. The molecule has 14 heavy (non-hydrogen) atoms. The smallest absolute Gasteiger partial charge is 0.277 e. The van der Waals surface area contributed by atoms with Crippen molar-refractivity contribution in [2.45, 2.75) is 19.3 Å². The number of rotatable bonds is 3. The molecule has 0 aliphatic rings. The van der Waals surface area contributed by atoms with Crippen LogP contribution < -0.4 is 5.73 Å². The van der Waals surface area contributed by atoms with E-state index in [2.05, 4.69) is 0 Å². The Bertz CT molecular complexity index is 323. The van der Waals surface area contributed by atoms with Gasteiger partial charge in [0.1, 0.15) is 5.82 Å². The number of aryl methyl sites for hydroxylation is 1. The summed E-state index contributed by atoms with van der Waals surface area (Å²) >= 11 is 0. The Morgan fingerprint density at radius 1 is 1.36 bits per heavy atom. The molecule has 1 rings (SSSR count). The standard InChI is InChI=1S/C10H12F3N/c1-7-2-3-9(11)8(6-7)10(12,13)4-5-14/h2-3,6H,4-5,14H2,1H3. The summed E-state index contributed by atoms with van der Waals surface area (Å²) in [7, 11) is 0. The van der Waals surface area contributed by atoms with Crippen molar-refractivity contribution >= 4 is 0 Å². The molecule has 1 nitrogen and oxygen atoms in total. The van der Waals surface area contributed by atoms with E-state index in [1.54, 1.807) is 6.92 Å². The zero-order valence-electron chi connectivity index (χ0n) is 7.86. The summed E-state index contributed by atoms with van der Waals surface area (Å²) in [6.45, 7) is 1.47. The van der Waals surface area contributed by atoms with Crippen LogP contribution in [0.5, 0.6) is 0 Å². The molecule has 0 fully saturated rings. The van der Waals surface area contributed by atoms with E-state index in [1.807, 2.05) is 0 Å². The summed E-state index contributed by atoms with van der Waals surface area (Å²) in [4.78, 5) is 0. The maximum absolute atomic E-state index is 13.3. The van der Waals surface area contributed by atoms with Crippen molar-refractivity contribution in [3.8, 4) is 0 Å². The molecule has 78 valence electrons. The summed E-state index contributed by atoms with van der Waals surface area (Å²) in [6.07, 6.45) is -0.534. The van der Waals surface area contributed by atoms with Crippen LogP contribution in [-0.2, 0) is 5.92 Å². The van der Waals surface area contributed by atoms with Gasteiger partial charge < -0.3 is 5.73 Å². The minimum absolute atomic E-state index is 0.166. The molecule has 0 bridgehead atoms. The van der Waals surface area contributed by atoms with Crippen molar-refractivity contribution in [3.05, 3.63) is 35.1 Å². The zero-order chi connectivity index (χ0) is 10.8. The van der Waals surface area contributed by atoms with Crippen molar-refractivity contribution in [2.75, 3.05) is 6.54 Å². The Morgan fingerprint density at radius 3 is 2.57 bits per heavy atom. The minimum atomic E-state index is -3.18. The van der Waals surface area contributed by atoms with Crippen molar-refractivity contribution in [2.24, 2.45) is 5.73 Å². The fourth-order valence-corrected chi connectivity index (χ4v) is 1.24. The maximum atomic E-state index is 13.3. The third-order valence-electron chi connectivity index (χ3n) is 1.97. The topological polar surface area (TPSA) is 26.0 Å². The number of benzene rings is 1. The van der Waals surface area contributed by atoms with Gasteiger partial charge >= 0.3 is 0 Å². The van der Waals surface area contributed by atoms with Gasteiger partial charge in [-0.3, -0.25) is 0 Å². The van der Waals surface area contributed by atoms with Gasteiger partial charge in [0.2, 0.25) is 0 Å². The van der Waals surface area contributed by atoms with E-state index in [4.69, 9.17) is 5.73 Å². The third kappa shape index (κ3) is 2.26. The highest BCUT2D eigenvalue weighted by Crippen LogP contribution is 2.33. The van der Waals surface area contributed by atoms with Crippen LogP contribution in [0.1, 0.15) is 17.5 Å². The van der Waals surface area contributed by atoms with Gasteiger partial charge in [-0.05, 0) is 25.6 Å². The van der Waals surface area contributed by atoms with E-state index in [0.717, 1.165) is 12.1 Å². The lowest BCUT2D eigenvalue weighted by molar-refractivity contribution is -0.0141. The Balaban J connectivity index is 3.10. The first kappa shape index (κ1) is 11.0. The molecule has 0 unspecified atom stereocenters. The number of hydrogen-bond acceptors (Lipinski definition) is 1. The highest BCUT2D eigenvalue weighted by molar-refractivity contribution is 5.27. The molecule has 0 aliphatic heterocycles. The van der Waals surface area contributed by atoms with Gasteiger partial charge in [-0.15, -0.1) is 0 Å². The van der Waals surface area contributed by atoms with Gasteiger partial charge in [0.05, 0.1) is 5.56 Å². The molecule has 1 aromatic rings. The summed E-state index contributed by atoms with van der Waals surface area (Å²) in [5.41, 5.74) is 5.08. The summed E-state index contributed by atoms with van der Waals surface area (Å²) < 4.78 is 39.6. The van der Waals surface area contributed by atoms with E-state index in [0.29, 0.717) is 5.56 Å². The SMILES string of the molecule is Cc1ccc(F)c(C(F)(F)CCN)c1. The minimum Gasteiger partial charge on any atom is -0.330 e. The number of hydrogen-bond donors (Lipinski definition) is 1. The molecule has 0 atom stereocenters. The van der Waals surface area contributed by atoms with Crippen LogP contribution in [-0.4, -0.2) is 6.54 Å². The Hall–Kier alpha value is -1.03. The van der Waals surface area contributed by atoms with Crippen LogP contribution in [0, 0.1) is 12.7 Å². The highest BCUT2D eigenvalue weighted by Gasteiger charge is 2.33. The lowest BCUT2D eigenvalue weighted by atomic mass is 10.0. The normalized spacial score (nSPS) is 11.8. The average Bonchev–Trinajstić information content (AvgIpc) is 2.09. The molecule has 0 heterocycles. The van der Waals surface area contributed by atoms with Gasteiger partial charge in [0.15, 0.2) is 0 Å². The molecular formula is C10H12F3N. The second-order valence-electron chi connectivity index (χ2n) is 3.23. The number of nitrogens with two attached hydrogens (primary N) is 1. The molecule has 0 aliphatic carbocycles. The van der Waals surface area contributed by atoms with Gasteiger partial charge in [-0.2, -0.15) is 0 Å². The summed E-state index contributed by atoms with van der Waals surface area (Å²) in [6, 6.07) is 3.66. The Kier molecular flexibility index (Phi) is 3.16. The first-order valence-corrected chi connectivity index (χ1v) is 4.32. The van der Waals surface area contributed by atoms with Crippen molar-refractivity contribution < 1.29 is 13.2 Å². The monoisotopic (exact) mass is 203 g/mol. The van der Waals surface area contributed by atoms with Crippen LogP contribution in [0.25, 0.3) is 0 Å². The molecule has 0 saturated heterocycles. The van der Waals surface area contributed by atoms with Crippen LogP contribution in [0.4, 0.5) is 13.2 Å². The summed E-state index contributed by atoms with van der Waals surface area (Å²) in [5, 5.41) is 0. The fourth-order valence-electron chi connectivity index (χ4n) is 1.24. The molecule has 0 amide bonds. The first-order valence-electron chi connectivity index (χ1n) is 4.32. The third-order valence-corrected chi connectivity index (χ3v) is 1.97. The van der Waals surface area contributed by atoms with Crippen molar-refractivity contribution in [1.29, 1.82) is 0 Å². The molecule has 2 N–H and O–H groups in total. The van der Waals surface area contributed by atoms with E-state index in [-0.39, 0.29) is 6.54 Å². The molecule has 4 heteroatoms. The molecule has 0 radical (unpaired) electrons. The predicted octanol–water partition coefficient (Wildman–Crippen LogP) is 2.57. The molecule has 0 saturated carbocycles. The van der Waals surface area contributed by atoms with Crippen LogP contribution in [0.2, 0.25) is 0 Å². The van der Waals surface area contributed by atoms with Crippen molar-refractivity contribution in [3.63, 3.8) is 0 Å². The zero-order valence-corrected chi connectivity index (χ0v) is 7.86. The number of alkyl halides is 2. The molecule has 0 spiro atoms. The second kappa shape index (κ2) is 4.00.